The summed E-state index contributed by atoms with van der Waals surface area (Å²) in [6.45, 7) is 0. The van der Waals surface area contributed by atoms with E-state index in [1.807, 2.05) is 0 Å². The maximum atomic E-state index is 13.0. The molecule has 0 amide bonds. The van der Waals surface area contributed by atoms with Gasteiger partial charge in [0.05, 0.1) is 16.6 Å². The van der Waals surface area contributed by atoms with Gasteiger partial charge in [-0.1, -0.05) is 35.3 Å². The van der Waals surface area contributed by atoms with Crippen LogP contribution in [0, 0.1) is 0 Å². The summed E-state index contributed by atoms with van der Waals surface area (Å²) in [4.78, 5) is 29.8. The fourth-order valence-electron chi connectivity index (χ4n) is 3.26. The maximum Gasteiger partial charge on any atom is 0.332 e. The van der Waals surface area contributed by atoms with Gasteiger partial charge < -0.3 is 5.73 Å². The molecule has 6 nitrogen and oxygen atoms in total. The number of nitrogens with zero attached hydrogens (tertiary/aromatic N) is 3. The van der Waals surface area contributed by atoms with Crippen LogP contribution >= 0.6 is 23.2 Å². The quantitative estimate of drug-likeness (QED) is 0.496. The van der Waals surface area contributed by atoms with E-state index < -0.39 is 11.2 Å². The topological polar surface area (TPSA) is 82.9 Å². The highest BCUT2D eigenvalue weighted by molar-refractivity contribution is 6.32. The Balaban J connectivity index is 2.32. The standard InChI is InChI=1S/C19H14Cl2N4O2/c1-24-17(22)16(18(26)25(2)19(24)27)15-11-5-3-9(20)7-13(11)23-14-8-10(21)4-6-12(14)15/h3-8H,22H2,1-2H3. The van der Waals surface area contributed by atoms with E-state index in [4.69, 9.17) is 28.9 Å². The van der Waals surface area contributed by atoms with Crippen molar-refractivity contribution in [2.75, 3.05) is 5.73 Å². The highest BCUT2D eigenvalue weighted by atomic mass is 35.5. The summed E-state index contributed by atoms with van der Waals surface area (Å²) in [5.41, 5.74) is 7.27. The minimum absolute atomic E-state index is 0.0850. The second-order valence-electron chi connectivity index (χ2n) is 6.28. The van der Waals surface area contributed by atoms with Crippen molar-refractivity contribution < 1.29 is 0 Å². The van der Waals surface area contributed by atoms with Gasteiger partial charge in [-0.3, -0.25) is 13.9 Å². The molecule has 2 heterocycles. The lowest BCUT2D eigenvalue weighted by Gasteiger charge is -2.16. The van der Waals surface area contributed by atoms with Crippen molar-refractivity contribution in [3.05, 3.63) is 67.3 Å². The molecule has 2 N–H and O–H groups in total. The number of anilines is 1. The van der Waals surface area contributed by atoms with Gasteiger partial charge in [0.15, 0.2) is 0 Å². The molecule has 0 aliphatic carbocycles. The van der Waals surface area contributed by atoms with Crippen LogP contribution in [0.1, 0.15) is 0 Å². The summed E-state index contributed by atoms with van der Waals surface area (Å²) in [7, 11) is 2.95. The van der Waals surface area contributed by atoms with E-state index in [0.29, 0.717) is 37.4 Å². The van der Waals surface area contributed by atoms with Gasteiger partial charge in [0.25, 0.3) is 5.56 Å². The zero-order valence-corrected chi connectivity index (χ0v) is 16.0. The highest BCUT2D eigenvalue weighted by Gasteiger charge is 2.20. The smallest absolute Gasteiger partial charge is 0.332 e. The molecule has 0 aliphatic rings. The van der Waals surface area contributed by atoms with Gasteiger partial charge in [0.1, 0.15) is 5.82 Å². The van der Waals surface area contributed by atoms with Crippen LogP contribution in [-0.2, 0) is 14.1 Å². The highest BCUT2D eigenvalue weighted by Crippen LogP contribution is 2.36. The van der Waals surface area contributed by atoms with Crippen LogP contribution in [0.15, 0.2) is 46.0 Å². The van der Waals surface area contributed by atoms with Crippen LogP contribution in [0.2, 0.25) is 10.0 Å². The normalized spacial score (nSPS) is 11.4. The van der Waals surface area contributed by atoms with Crippen LogP contribution in [-0.4, -0.2) is 14.1 Å². The van der Waals surface area contributed by atoms with Gasteiger partial charge >= 0.3 is 5.69 Å². The Morgan fingerprint density at radius 2 is 1.37 bits per heavy atom. The number of hydrogen-bond donors (Lipinski definition) is 1. The molecule has 0 saturated heterocycles. The number of benzene rings is 2. The molecule has 4 aromatic rings. The Hall–Kier alpha value is -2.83. The van der Waals surface area contributed by atoms with Gasteiger partial charge in [-0.2, -0.15) is 0 Å². The third kappa shape index (κ3) is 2.60. The SMILES string of the molecule is Cn1c(N)c(-c2c3ccc(Cl)cc3nc3cc(Cl)ccc23)c(=O)n(C)c1=O. The molecule has 0 fully saturated rings. The number of halogens is 2. The summed E-state index contributed by atoms with van der Waals surface area (Å²) < 4.78 is 2.29. The molecule has 8 heteroatoms. The summed E-state index contributed by atoms with van der Waals surface area (Å²) in [5, 5.41) is 2.45. The average molecular weight is 401 g/mol. The van der Waals surface area contributed by atoms with Crippen molar-refractivity contribution in [2.45, 2.75) is 0 Å². The Morgan fingerprint density at radius 3 is 1.89 bits per heavy atom. The van der Waals surface area contributed by atoms with Gasteiger partial charge in [-0.15, -0.1) is 0 Å². The lowest BCUT2D eigenvalue weighted by Crippen LogP contribution is -2.39. The van der Waals surface area contributed by atoms with Gasteiger partial charge in [-0.25, -0.2) is 9.78 Å². The van der Waals surface area contributed by atoms with Crippen molar-refractivity contribution in [1.82, 2.24) is 14.1 Å². The predicted octanol–water partition coefficient (Wildman–Crippen LogP) is 3.34. The predicted molar refractivity (Wildman–Crippen MR) is 110 cm³/mol. The zero-order valence-electron chi connectivity index (χ0n) is 14.5. The molecular weight excluding hydrogens is 387 g/mol. The summed E-state index contributed by atoms with van der Waals surface area (Å²) in [6.07, 6.45) is 0. The first kappa shape index (κ1) is 17.6. The largest absolute Gasteiger partial charge is 0.384 e. The van der Waals surface area contributed by atoms with E-state index in [2.05, 4.69) is 4.98 Å². The summed E-state index contributed by atoms with van der Waals surface area (Å²) in [6, 6.07) is 10.4. The molecule has 136 valence electrons. The molecule has 2 aromatic heterocycles. The lowest BCUT2D eigenvalue weighted by atomic mass is 9.97. The van der Waals surface area contributed by atoms with Crippen molar-refractivity contribution in [2.24, 2.45) is 14.1 Å². The Kier molecular flexibility index (Phi) is 3.98. The van der Waals surface area contributed by atoms with Gasteiger partial charge in [0, 0.05) is 40.5 Å². The summed E-state index contributed by atoms with van der Waals surface area (Å²) in [5.74, 6) is 0.0850. The molecule has 0 radical (unpaired) electrons. The number of pyridine rings is 1. The zero-order chi connectivity index (χ0) is 19.5. The fraction of sp³-hybridized carbons (Fsp3) is 0.105. The van der Waals surface area contributed by atoms with E-state index in [-0.39, 0.29) is 11.4 Å². The Morgan fingerprint density at radius 1 is 0.852 bits per heavy atom. The molecule has 4 rings (SSSR count). The van der Waals surface area contributed by atoms with Crippen LogP contribution in [0.4, 0.5) is 5.82 Å². The van der Waals surface area contributed by atoms with E-state index >= 15 is 0 Å². The first-order chi connectivity index (χ1) is 12.8. The average Bonchev–Trinajstić information content (AvgIpc) is 2.64. The van der Waals surface area contributed by atoms with E-state index in [0.717, 1.165) is 4.57 Å². The van der Waals surface area contributed by atoms with Gasteiger partial charge in [0.2, 0.25) is 0 Å². The minimum atomic E-state index is -0.491. The number of nitrogen functional groups attached to an aromatic ring is 1. The Labute approximate surface area is 163 Å². The molecule has 27 heavy (non-hydrogen) atoms. The van der Waals surface area contributed by atoms with E-state index in [1.54, 1.807) is 36.4 Å². The monoisotopic (exact) mass is 400 g/mol. The Bertz CT molecular complexity index is 1310. The maximum absolute atomic E-state index is 13.0. The van der Waals surface area contributed by atoms with Crippen molar-refractivity contribution in [3.63, 3.8) is 0 Å². The molecule has 2 aromatic carbocycles. The van der Waals surface area contributed by atoms with E-state index in [1.165, 1.54) is 18.7 Å². The minimum Gasteiger partial charge on any atom is -0.384 e. The van der Waals surface area contributed by atoms with Crippen LogP contribution in [0.5, 0.6) is 0 Å². The number of nitrogens with two attached hydrogens (primary N) is 1. The van der Waals surface area contributed by atoms with Crippen molar-refractivity contribution >= 4 is 50.8 Å². The molecule has 0 aliphatic heterocycles. The second-order valence-corrected chi connectivity index (χ2v) is 7.15. The number of fused-ring (bicyclic) bond motifs is 2. The molecule has 0 saturated carbocycles. The van der Waals surface area contributed by atoms with Crippen LogP contribution in [0.25, 0.3) is 32.9 Å². The first-order valence-corrected chi connectivity index (χ1v) is 8.79. The molecular formula is C19H14Cl2N4O2. The third-order valence-corrected chi connectivity index (χ3v) is 5.13. The van der Waals surface area contributed by atoms with Crippen LogP contribution < -0.4 is 17.0 Å². The van der Waals surface area contributed by atoms with Gasteiger partial charge in [-0.05, 0) is 24.3 Å². The summed E-state index contributed by atoms with van der Waals surface area (Å²) >= 11 is 12.3. The van der Waals surface area contributed by atoms with Crippen molar-refractivity contribution in [3.8, 4) is 11.1 Å². The molecule has 0 spiro atoms. The number of hydrogen-bond acceptors (Lipinski definition) is 4. The molecule has 0 atom stereocenters. The number of aromatic nitrogens is 3. The number of rotatable bonds is 1. The molecule has 0 bridgehead atoms. The van der Waals surface area contributed by atoms with Crippen molar-refractivity contribution in [1.29, 1.82) is 0 Å². The first-order valence-electron chi connectivity index (χ1n) is 8.04. The second kappa shape index (κ2) is 6.11. The van der Waals surface area contributed by atoms with E-state index in [9.17, 15) is 9.59 Å². The fourth-order valence-corrected chi connectivity index (χ4v) is 3.59. The third-order valence-electron chi connectivity index (χ3n) is 4.66. The van der Waals surface area contributed by atoms with Crippen LogP contribution in [0.3, 0.4) is 0 Å². The molecule has 0 unspecified atom stereocenters. The lowest BCUT2D eigenvalue weighted by molar-refractivity contribution is 0.697.